The van der Waals surface area contributed by atoms with Gasteiger partial charge in [-0.25, -0.2) is 8.42 Å². The third-order valence-corrected chi connectivity index (χ3v) is 4.55. The summed E-state index contributed by atoms with van der Waals surface area (Å²) in [6, 6.07) is -1.44. The van der Waals surface area contributed by atoms with E-state index in [1.807, 2.05) is 4.72 Å². The van der Waals surface area contributed by atoms with Crippen molar-refractivity contribution in [2.75, 3.05) is 0 Å². The zero-order valence-electron chi connectivity index (χ0n) is 11.0. The third-order valence-electron chi connectivity index (χ3n) is 2.58. The Kier molecular flexibility index (Phi) is 5.70. The molecule has 118 valence electrons. The van der Waals surface area contributed by atoms with E-state index in [0.717, 1.165) is 10.9 Å². The van der Waals surface area contributed by atoms with Crippen molar-refractivity contribution in [2.45, 2.75) is 30.3 Å². The van der Waals surface area contributed by atoms with Gasteiger partial charge in [0, 0.05) is 13.5 Å². The van der Waals surface area contributed by atoms with E-state index >= 15 is 0 Å². The maximum absolute atomic E-state index is 12.1. The monoisotopic (exact) mass is 339 g/mol. The first-order valence-electron chi connectivity index (χ1n) is 5.79. The van der Waals surface area contributed by atoms with Crippen LogP contribution in [0.5, 0.6) is 0 Å². The number of aliphatic carboxylic acids is 2. The van der Waals surface area contributed by atoms with Crippen LogP contribution in [0.4, 0.5) is 0 Å². The summed E-state index contributed by atoms with van der Waals surface area (Å²) in [6.07, 6.45) is 0.735. The van der Waals surface area contributed by atoms with Gasteiger partial charge in [0.05, 0.1) is 11.2 Å². The predicted octanol–water partition coefficient (Wildman–Crippen LogP) is 0.0599. The Labute approximate surface area is 125 Å². The highest BCUT2D eigenvalue weighted by Crippen LogP contribution is 2.20. The van der Waals surface area contributed by atoms with Crippen LogP contribution in [-0.2, 0) is 26.7 Å². The first-order chi connectivity index (χ1) is 9.65. The number of nitrogens with one attached hydrogen (secondary N) is 1. The van der Waals surface area contributed by atoms with E-state index in [2.05, 4.69) is 5.10 Å². The van der Waals surface area contributed by atoms with Crippen LogP contribution < -0.4 is 4.72 Å². The number of rotatable bonds is 8. The van der Waals surface area contributed by atoms with Gasteiger partial charge in [-0.2, -0.15) is 9.82 Å². The Hall–Kier alpha value is -1.65. The molecule has 1 heterocycles. The molecule has 9 nitrogen and oxygen atoms in total. The highest BCUT2D eigenvalue weighted by atomic mass is 35.5. The van der Waals surface area contributed by atoms with E-state index in [4.69, 9.17) is 21.8 Å². The molecule has 0 unspecified atom stereocenters. The standard InChI is InChI=1S/C10H14ClN3O6S/c1-14-9(6(11)5-12-14)21(19,20)13-7(10(17)18)3-2-4-8(15)16/h5,7,13H,2-4H2,1H3,(H,15,16)(H,17,18)/t7-/m1/s1. The molecule has 0 spiro atoms. The summed E-state index contributed by atoms with van der Waals surface area (Å²) < 4.78 is 27.2. The molecule has 0 aliphatic rings. The number of carbonyl (C=O) groups is 2. The maximum Gasteiger partial charge on any atom is 0.321 e. The molecule has 21 heavy (non-hydrogen) atoms. The van der Waals surface area contributed by atoms with Crippen LogP contribution in [0.15, 0.2) is 11.2 Å². The summed E-state index contributed by atoms with van der Waals surface area (Å²) in [6.45, 7) is 0. The van der Waals surface area contributed by atoms with Gasteiger partial charge in [0.1, 0.15) is 6.04 Å². The van der Waals surface area contributed by atoms with Crippen LogP contribution in [0.3, 0.4) is 0 Å². The maximum atomic E-state index is 12.1. The van der Waals surface area contributed by atoms with Gasteiger partial charge in [0.25, 0.3) is 10.0 Å². The number of hydrogen-bond donors (Lipinski definition) is 3. The molecular weight excluding hydrogens is 326 g/mol. The lowest BCUT2D eigenvalue weighted by molar-refractivity contribution is -0.140. The highest BCUT2D eigenvalue weighted by Gasteiger charge is 2.29. The van der Waals surface area contributed by atoms with Gasteiger partial charge in [-0.1, -0.05) is 11.6 Å². The molecule has 1 aromatic rings. The molecular formula is C10H14ClN3O6S. The Morgan fingerprint density at radius 2 is 2.10 bits per heavy atom. The second kappa shape index (κ2) is 6.87. The van der Waals surface area contributed by atoms with Crippen molar-refractivity contribution in [3.05, 3.63) is 11.2 Å². The van der Waals surface area contributed by atoms with Gasteiger partial charge >= 0.3 is 11.9 Å². The molecule has 0 saturated carbocycles. The summed E-state index contributed by atoms with van der Waals surface area (Å²) in [5, 5.41) is 20.7. The Balaban J connectivity index is 2.88. The van der Waals surface area contributed by atoms with Crippen LogP contribution in [-0.4, -0.2) is 46.4 Å². The van der Waals surface area contributed by atoms with Crippen LogP contribution in [0.1, 0.15) is 19.3 Å². The molecule has 0 aliphatic carbocycles. The Bertz CT molecular complexity index is 622. The summed E-state index contributed by atoms with van der Waals surface area (Å²) >= 11 is 5.71. The average molecular weight is 340 g/mol. The van der Waals surface area contributed by atoms with E-state index in [0.29, 0.717) is 0 Å². The lowest BCUT2D eigenvalue weighted by Gasteiger charge is -2.14. The molecule has 0 fully saturated rings. The molecule has 0 bridgehead atoms. The van der Waals surface area contributed by atoms with Crippen molar-refractivity contribution in [3.63, 3.8) is 0 Å². The molecule has 11 heteroatoms. The molecule has 1 aromatic heterocycles. The molecule has 0 saturated heterocycles. The normalized spacial score (nSPS) is 13.0. The number of aryl methyl sites for hydroxylation is 1. The van der Waals surface area contributed by atoms with Gasteiger partial charge in [-0.15, -0.1) is 0 Å². The first-order valence-corrected chi connectivity index (χ1v) is 7.65. The van der Waals surface area contributed by atoms with Crippen molar-refractivity contribution in [3.8, 4) is 0 Å². The van der Waals surface area contributed by atoms with Crippen molar-refractivity contribution in [1.29, 1.82) is 0 Å². The van der Waals surface area contributed by atoms with Crippen LogP contribution in [0, 0.1) is 0 Å². The zero-order valence-corrected chi connectivity index (χ0v) is 12.6. The molecule has 0 radical (unpaired) electrons. The van der Waals surface area contributed by atoms with Gasteiger partial charge < -0.3 is 10.2 Å². The molecule has 0 amide bonds. The first kappa shape index (κ1) is 17.4. The van der Waals surface area contributed by atoms with Crippen molar-refractivity contribution in [2.24, 2.45) is 7.05 Å². The topological polar surface area (TPSA) is 139 Å². The molecule has 3 N–H and O–H groups in total. The lowest BCUT2D eigenvalue weighted by atomic mass is 10.1. The number of sulfonamides is 1. The third kappa shape index (κ3) is 4.69. The fourth-order valence-corrected chi connectivity index (χ4v) is 3.52. The zero-order chi connectivity index (χ0) is 16.2. The number of carboxylic acids is 2. The van der Waals surface area contributed by atoms with Crippen molar-refractivity contribution < 1.29 is 28.2 Å². The van der Waals surface area contributed by atoms with Gasteiger partial charge in [-0.3, -0.25) is 14.3 Å². The van der Waals surface area contributed by atoms with Gasteiger partial charge in [0.15, 0.2) is 5.03 Å². The Morgan fingerprint density at radius 3 is 2.52 bits per heavy atom. The number of nitrogens with zero attached hydrogens (tertiary/aromatic N) is 2. The fraction of sp³-hybridized carbons (Fsp3) is 0.500. The van der Waals surface area contributed by atoms with E-state index < -0.39 is 28.0 Å². The summed E-state index contributed by atoms with van der Waals surface area (Å²) in [7, 11) is -2.84. The van der Waals surface area contributed by atoms with Gasteiger partial charge in [0.2, 0.25) is 0 Å². The smallest absolute Gasteiger partial charge is 0.321 e. The summed E-state index contributed by atoms with van der Waals surface area (Å²) in [5.41, 5.74) is 0. The lowest BCUT2D eigenvalue weighted by Crippen LogP contribution is -2.41. The van der Waals surface area contributed by atoms with E-state index in [9.17, 15) is 18.0 Å². The van der Waals surface area contributed by atoms with E-state index in [1.165, 1.54) is 7.05 Å². The highest BCUT2D eigenvalue weighted by molar-refractivity contribution is 7.89. The summed E-state index contributed by atoms with van der Waals surface area (Å²) in [4.78, 5) is 21.5. The van der Waals surface area contributed by atoms with Crippen LogP contribution >= 0.6 is 11.6 Å². The second-order valence-electron chi connectivity index (χ2n) is 4.22. The quantitative estimate of drug-likeness (QED) is 0.608. The number of aromatic nitrogens is 2. The van der Waals surface area contributed by atoms with Gasteiger partial charge in [-0.05, 0) is 12.8 Å². The molecule has 1 atom stereocenters. The minimum atomic E-state index is -4.18. The summed E-state index contributed by atoms with van der Waals surface area (Å²) in [5.74, 6) is -2.49. The number of halogens is 1. The van der Waals surface area contributed by atoms with Crippen LogP contribution in [0.2, 0.25) is 5.02 Å². The number of carboxylic acid groups (broad SMARTS) is 2. The SMILES string of the molecule is Cn1ncc(Cl)c1S(=O)(=O)N[C@H](CCCC(=O)O)C(=O)O. The predicted molar refractivity (Wildman–Crippen MR) is 71.5 cm³/mol. The number of hydrogen-bond acceptors (Lipinski definition) is 5. The van der Waals surface area contributed by atoms with Crippen molar-refractivity contribution >= 4 is 33.6 Å². The van der Waals surface area contributed by atoms with Crippen molar-refractivity contribution in [1.82, 2.24) is 14.5 Å². The largest absolute Gasteiger partial charge is 0.481 e. The Morgan fingerprint density at radius 1 is 1.48 bits per heavy atom. The molecule has 1 rings (SSSR count). The second-order valence-corrected chi connectivity index (χ2v) is 6.26. The molecule has 0 aliphatic heterocycles. The fourth-order valence-electron chi connectivity index (χ4n) is 1.64. The van der Waals surface area contributed by atoms with E-state index in [1.54, 1.807) is 0 Å². The van der Waals surface area contributed by atoms with E-state index in [-0.39, 0.29) is 29.3 Å². The minimum absolute atomic E-state index is 0.0218. The minimum Gasteiger partial charge on any atom is -0.481 e. The van der Waals surface area contributed by atoms with Crippen LogP contribution in [0.25, 0.3) is 0 Å². The average Bonchev–Trinajstić information content (AvgIpc) is 2.67. The molecule has 0 aromatic carbocycles.